The van der Waals surface area contributed by atoms with Crippen LogP contribution in [0.1, 0.15) is 91.9 Å². The zero-order chi connectivity index (χ0) is 24.0. The molecule has 34 heavy (non-hydrogen) atoms. The first-order valence-electron chi connectivity index (χ1n) is 14.1. The minimum absolute atomic E-state index is 0.0735. The molecule has 7 nitrogen and oxygen atoms in total. The number of fused-ring (bicyclic) bond motifs is 1. The number of rotatable bonds is 3. The fourth-order valence-corrected chi connectivity index (χ4v) is 8.25. The summed E-state index contributed by atoms with van der Waals surface area (Å²) in [6, 6.07) is 2.18. The normalized spacial score (nSPS) is 43.7. The average Bonchev–Trinajstić information content (AvgIpc) is 3.47. The van der Waals surface area contributed by atoms with Gasteiger partial charge < -0.3 is 14.5 Å². The van der Waals surface area contributed by atoms with Gasteiger partial charge in [-0.15, -0.1) is 0 Å². The standard InChI is InChI=1S/C27H46N4O3/c1-17-13-18(2)31(28-17)23-8-5-7-21(14-23)22-10-11-24-25(15-22)29(16-19(3)30(24)20(4)32)27(33)26-9-6-12-34-26/h17-19,21-26,28H,5-16H2,1-4H3/t17?,18?,19-,21?,22?,23?,24?,25?,26?/m0/s1. The molecule has 5 fully saturated rings. The number of hydrazine groups is 1. The van der Waals surface area contributed by atoms with Gasteiger partial charge in [-0.25, -0.2) is 5.01 Å². The van der Waals surface area contributed by atoms with Crippen molar-refractivity contribution < 1.29 is 14.3 Å². The van der Waals surface area contributed by atoms with Crippen molar-refractivity contribution >= 4 is 11.8 Å². The Hall–Kier alpha value is -1.18. The number of carbonyl (C=O) groups excluding carboxylic acids is 2. The van der Waals surface area contributed by atoms with Crippen molar-refractivity contribution in [3.05, 3.63) is 0 Å². The zero-order valence-corrected chi connectivity index (χ0v) is 21.7. The van der Waals surface area contributed by atoms with Crippen molar-refractivity contribution in [3.8, 4) is 0 Å². The van der Waals surface area contributed by atoms with Crippen molar-refractivity contribution in [1.29, 1.82) is 0 Å². The maximum atomic E-state index is 13.5. The lowest BCUT2D eigenvalue weighted by Crippen LogP contribution is -2.68. The summed E-state index contributed by atoms with van der Waals surface area (Å²) in [6.45, 7) is 9.81. The van der Waals surface area contributed by atoms with E-state index >= 15 is 0 Å². The maximum Gasteiger partial charge on any atom is 0.252 e. The SMILES string of the molecule is CC(=O)N1C2CCC(C3CCCC(N4NC(C)CC4C)C3)CC2N(C(=O)C2CCCO2)C[C@@H]1C. The van der Waals surface area contributed by atoms with E-state index in [-0.39, 0.29) is 36.0 Å². The van der Waals surface area contributed by atoms with Crippen molar-refractivity contribution in [2.75, 3.05) is 13.2 Å². The third-order valence-corrected chi connectivity index (χ3v) is 9.65. The van der Waals surface area contributed by atoms with Crippen molar-refractivity contribution in [2.24, 2.45) is 11.8 Å². The highest BCUT2D eigenvalue weighted by molar-refractivity contribution is 5.82. The van der Waals surface area contributed by atoms with E-state index in [2.05, 4.69) is 41.0 Å². The summed E-state index contributed by atoms with van der Waals surface area (Å²) in [5.74, 6) is 1.69. The molecule has 0 spiro atoms. The molecule has 8 unspecified atom stereocenters. The van der Waals surface area contributed by atoms with E-state index in [0.717, 1.165) is 31.6 Å². The second-order valence-electron chi connectivity index (χ2n) is 12.1. The molecule has 3 saturated heterocycles. The highest BCUT2D eigenvalue weighted by atomic mass is 16.5. The molecule has 3 aliphatic heterocycles. The van der Waals surface area contributed by atoms with Crippen LogP contribution in [0.2, 0.25) is 0 Å². The molecular weight excluding hydrogens is 428 g/mol. The minimum Gasteiger partial charge on any atom is -0.368 e. The number of nitrogens with one attached hydrogen (secondary N) is 1. The summed E-state index contributed by atoms with van der Waals surface area (Å²) in [7, 11) is 0. The number of hydrogen-bond acceptors (Lipinski definition) is 5. The van der Waals surface area contributed by atoms with Gasteiger partial charge in [0.2, 0.25) is 5.91 Å². The highest BCUT2D eigenvalue weighted by Crippen LogP contribution is 2.44. The van der Waals surface area contributed by atoms with Crippen LogP contribution in [0.15, 0.2) is 0 Å². The first-order chi connectivity index (χ1) is 16.3. The molecule has 3 heterocycles. The first kappa shape index (κ1) is 24.5. The molecule has 192 valence electrons. The Kier molecular flexibility index (Phi) is 7.25. The smallest absolute Gasteiger partial charge is 0.252 e. The fraction of sp³-hybridized carbons (Fsp3) is 0.926. The fourth-order valence-electron chi connectivity index (χ4n) is 8.25. The molecule has 5 rings (SSSR count). The van der Waals surface area contributed by atoms with E-state index < -0.39 is 0 Å². The Balaban J connectivity index is 1.31. The Morgan fingerprint density at radius 3 is 2.32 bits per heavy atom. The van der Waals surface area contributed by atoms with Gasteiger partial charge in [-0.05, 0) is 84.0 Å². The van der Waals surface area contributed by atoms with Gasteiger partial charge in [0.1, 0.15) is 6.10 Å². The van der Waals surface area contributed by atoms with Crippen LogP contribution in [-0.2, 0) is 14.3 Å². The van der Waals surface area contributed by atoms with Gasteiger partial charge in [0, 0.05) is 44.2 Å². The predicted octanol–water partition coefficient (Wildman–Crippen LogP) is 3.33. The van der Waals surface area contributed by atoms with Gasteiger partial charge in [-0.2, -0.15) is 0 Å². The van der Waals surface area contributed by atoms with Crippen LogP contribution in [0, 0.1) is 11.8 Å². The van der Waals surface area contributed by atoms with Crippen molar-refractivity contribution in [3.63, 3.8) is 0 Å². The molecule has 2 amide bonds. The van der Waals surface area contributed by atoms with Gasteiger partial charge in [-0.1, -0.05) is 12.8 Å². The molecule has 9 atom stereocenters. The topological polar surface area (TPSA) is 65.1 Å². The third-order valence-electron chi connectivity index (χ3n) is 9.65. The summed E-state index contributed by atoms with van der Waals surface area (Å²) in [5, 5.41) is 2.56. The Morgan fingerprint density at radius 1 is 0.853 bits per heavy atom. The van der Waals surface area contributed by atoms with E-state index in [4.69, 9.17) is 4.74 Å². The van der Waals surface area contributed by atoms with Crippen LogP contribution in [0.3, 0.4) is 0 Å². The summed E-state index contributed by atoms with van der Waals surface area (Å²) in [5.41, 5.74) is 3.74. The van der Waals surface area contributed by atoms with Crippen LogP contribution in [0.25, 0.3) is 0 Å². The molecule has 0 aromatic heterocycles. The van der Waals surface area contributed by atoms with E-state index in [9.17, 15) is 9.59 Å². The third kappa shape index (κ3) is 4.64. The van der Waals surface area contributed by atoms with Gasteiger partial charge in [0.05, 0.1) is 12.1 Å². The van der Waals surface area contributed by atoms with Gasteiger partial charge >= 0.3 is 0 Å². The minimum atomic E-state index is -0.277. The Labute approximate surface area is 205 Å². The summed E-state index contributed by atoms with van der Waals surface area (Å²) < 4.78 is 5.81. The van der Waals surface area contributed by atoms with Crippen LogP contribution in [0.4, 0.5) is 0 Å². The molecular formula is C27H46N4O3. The number of ether oxygens (including phenoxy) is 1. The van der Waals surface area contributed by atoms with Gasteiger partial charge in [0.15, 0.2) is 0 Å². The summed E-state index contributed by atoms with van der Waals surface area (Å²) in [6.07, 6.45) is 11.2. The van der Waals surface area contributed by atoms with Gasteiger partial charge in [0.25, 0.3) is 5.91 Å². The van der Waals surface area contributed by atoms with Crippen LogP contribution >= 0.6 is 0 Å². The van der Waals surface area contributed by atoms with E-state index in [0.29, 0.717) is 37.2 Å². The Bertz CT molecular complexity index is 756. The zero-order valence-electron chi connectivity index (χ0n) is 21.7. The largest absolute Gasteiger partial charge is 0.368 e. The summed E-state index contributed by atoms with van der Waals surface area (Å²) >= 11 is 0. The lowest BCUT2D eigenvalue weighted by atomic mass is 9.68. The number of nitrogens with zero attached hydrogens (tertiary/aromatic N) is 3. The molecule has 0 aromatic carbocycles. The number of carbonyl (C=O) groups is 2. The molecule has 7 heteroatoms. The monoisotopic (exact) mass is 474 g/mol. The maximum absolute atomic E-state index is 13.5. The molecule has 2 saturated carbocycles. The van der Waals surface area contributed by atoms with E-state index in [1.807, 2.05) is 0 Å². The first-order valence-corrected chi connectivity index (χ1v) is 14.1. The lowest BCUT2D eigenvalue weighted by molar-refractivity contribution is -0.160. The molecule has 1 N–H and O–H groups in total. The van der Waals surface area contributed by atoms with Crippen molar-refractivity contribution in [2.45, 2.75) is 134 Å². The summed E-state index contributed by atoms with van der Waals surface area (Å²) in [4.78, 5) is 30.4. The molecule has 0 bridgehead atoms. The van der Waals surface area contributed by atoms with Crippen molar-refractivity contribution in [1.82, 2.24) is 20.2 Å². The molecule has 2 aliphatic carbocycles. The number of piperazine rings is 1. The Morgan fingerprint density at radius 2 is 1.65 bits per heavy atom. The average molecular weight is 475 g/mol. The quantitative estimate of drug-likeness (QED) is 0.680. The number of amides is 2. The molecule has 0 aromatic rings. The second-order valence-corrected chi connectivity index (χ2v) is 12.1. The highest BCUT2D eigenvalue weighted by Gasteiger charge is 2.49. The molecule has 0 radical (unpaired) electrons. The molecule has 5 aliphatic rings. The second kappa shape index (κ2) is 10.1. The van der Waals surface area contributed by atoms with Crippen LogP contribution in [-0.4, -0.2) is 82.1 Å². The lowest BCUT2D eigenvalue weighted by Gasteiger charge is -2.55. The van der Waals surface area contributed by atoms with E-state index in [1.54, 1.807) is 6.92 Å². The number of hydrogen-bond donors (Lipinski definition) is 1. The van der Waals surface area contributed by atoms with Crippen LogP contribution in [0.5, 0.6) is 0 Å². The predicted molar refractivity (Wildman–Crippen MR) is 132 cm³/mol. The van der Waals surface area contributed by atoms with E-state index in [1.165, 1.54) is 38.5 Å². The van der Waals surface area contributed by atoms with Gasteiger partial charge in [-0.3, -0.25) is 15.0 Å². The van der Waals surface area contributed by atoms with Crippen LogP contribution < -0.4 is 5.43 Å².